The summed E-state index contributed by atoms with van der Waals surface area (Å²) >= 11 is 0. The second-order valence-corrected chi connectivity index (χ2v) is 5.05. The minimum Gasteiger partial charge on any atom is -0.396 e. The summed E-state index contributed by atoms with van der Waals surface area (Å²) in [5.74, 6) is -0.0581. The molecular weight excluding hydrogens is 216 g/mol. The number of aromatic nitrogens is 1. The standard InChI is InChI=1S/C13H20N2O2/c1-15-8-4-5-11(15)12(17)14-9-13(10-16)6-2-3-7-13/h4-5,8,16H,2-3,6-7,9-10H2,1H3,(H,14,17). The zero-order chi connectivity index (χ0) is 12.3. The maximum absolute atomic E-state index is 11.9. The van der Waals surface area contributed by atoms with Crippen LogP contribution >= 0.6 is 0 Å². The molecule has 0 radical (unpaired) electrons. The first-order chi connectivity index (χ1) is 8.17. The van der Waals surface area contributed by atoms with Crippen molar-refractivity contribution in [3.05, 3.63) is 24.0 Å². The molecule has 2 rings (SSSR count). The molecule has 1 aromatic heterocycles. The Balaban J connectivity index is 1.94. The maximum atomic E-state index is 11.9. The van der Waals surface area contributed by atoms with Gasteiger partial charge in [0, 0.05) is 25.2 Å². The van der Waals surface area contributed by atoms with E-state index in [1.54, 1.807) is 10.6 Å². The number of hydrogen-bond donors (Lipinski definition) is 2. The molecule has 0 spiro atoms. The molecule has 1 fully saturated rings. The first kappa shape index (κ1) is 12.2. The highest BCUT2D eigenvalue weighted by molar-refractivity contribution is 5.92. The summed E-state index contributed by atoms with van der Waals surface area (Å²) < 4.78 is 1.80. The quantitative estimate of drug-likeness (QED) is 0.828. The molecule has 0 aliphatic heterocycles. The van der Waals surface area contributed by atoms with E-state index in [-0.39, 0.29) is 17.9 Å². The van der Waals surface area contributed by atoms with Crippen molar-refractivity contribution >= 4 is 5.91 Å². The number of amides is 1. The predicted molar refractivity (Wildman–Crippen MR) is 65.7 cm³/mol. The van der Waals surface area contributed by atoms with E-state index in [9.17, 15) is 9.90 Å². The molecule has 1 saturated carbocycles. The van der Waals surface area contributed by atoms with Gasteiger partial charge in [0.15, 0.2) is 0 Å². The van der Waals surface area contributed by atoms with E-state index in [1.807, 2.05) is 19.3 Å². The van der Waals surface area contributed by atoms with Gasteiger partial charge in [-0.05, 0) is 25.0 Å². The summed E-state index contributed by atoms with van der Waals surface area (Å²) in [7, 11) is 1.85. The third-order valence-electron chi connectivity index (χ3n) is 3.80. The van der Waals surface area contributed by atoms with E-state index >= 15 is 0 Å². The predicted octanol–water partition coefficient (Wildman–Crippen LogP) is 1.31. The van der Waals surface area contributed by atoms with Crippen LogP contribution in [0.5, 0.6) is 0 Å². The number of aryl methyl sites for hydroxylation is 1. The van der Waals surface area contributed by atoms with Crippen LogP contribution in [0.4, 0.5) is 0 Å². The number of aliphatic hydroxyl groups excluding tert-OH is 1. The minimum atomic E-state index is -0.0825. The number of carbonyl (C=O) groups is 1. The highest BCUT2D eigenvalue weighted by Gasteiger charge is 2.33. The van der Waals surface area contributed by atoms with Gasteiger partial charge in [0.25, 0.3) is 5.91 Å². The van der Waals surface area contributed by atoms with E-state index in [0.717, 1.165) is 25.7 Å². The van der Waals surface area contributed by atoms with Crippen LogP contribution in [-0.2, 0) is 7.05 Å². The summed E-state index contributed by atoms with van der Waals surface area (Å²) in [6.07, 6.45) is 6.18. The monoisotopic (exact) mass is 236 g/mol. The Bertz CT molecular complexity index is 392. The number of rotatable bonds is 4. The molecule has 1 amide bonds. The third kappa shape index (κ3) is 2.52. The van der Waals surface area contributed by atoms with Crippen LogP contribution in [0.3, 0.4) is 0 Å². The van der Waals surface area contributed by atoms with Gasteiger partial charge in [0.1, 0.15) is 5.69 Å². The highest BCUT2D eigenvalue weighted by atomic mass is 16.3. The van der Waals surface area contributed by atoms with Crippen molar-refractivity contribution in [2.24, 2.45) is 12.5 Å². The average molecular weight is 236 g/mol. The van der Waals surface area contributed by atoms with Crippen molar-refractivity contribution < 1.29 is 9.90 Å². The van der Waals surface area contributed by atoms with Crippen LogP contribution < -0.4 is 5.32 Å². The van der Waals surface area contributed by atoms with Gasteiger partial charge in [0.2, 0.25) is 0 Å². The molecule has 0 bridgehead atoms. The molecule has 1 aliphatic carbocycles. The van der Waals surface area contributed by atoms with Crippen LogP contribution in [-0.4, -0.2) is 28.7 Å². The normalized spacial score (nSPS) is 18.2. The van der Waals surface area contributed by atoms with Crippen molar-refractivity contribution in [1.82, 2.24) is 9.88 Å². The maximum Gasteiger partial charge on any atom is 0.267 e. The van der Waals surface area contributed by atoms with Gasteiger partial charge in [-0.3, -0.25) is 4.79 Å². The Hall–Kier alpha value is -1.29. The number of aliphatic hydroxyl groups is 1. The number of carbonyl (C=O) groups excluding carboxylic acids is 1. The smallest absolute Gasteiger partial charge is 0.267 e. The Morgan fingerprint density at radius 1 is 1.53 bits per heavy atom. The summed E-state index contributed by atoms with van der Waals surface area (Å²) in [4.78, 5) is 11.9. The fourth-order valence-electron chi connectivity index (χ4n) is 2.57. The third-order valence-corrected chi connectivity index (χ3v) is 3.80. The Labute approximate surface area is 102 Å². The fourth-order valence-corrected chi connectivity index (χ4v) is 2.57. The van der Waals surface area contributed by atoms with Gasteiger partial charge < -0.3 is 15.0 Å². The van der Waals surface area contributed by atoms with E-state index in [0.29, 0.717) is 12.2 Å². The molecule has 4 nitrogen and oxygen atoms in total. The van der Waals surface area contributed by atoms with Crippen LogP contribution in [0.15, 0.2) is 18.3 Å². The molecular formula is C13H20N2O2. The lowest BCUT2D eigenvalue weighted by atomic mass is 9.87. The van der Waals surface area contributed by atoms with Gasteiger partial charge >= 0.3 is 0 Å². The molecule has 0 aromatic carbocycles. The van der Waals surface area contributed by atoms with Crippen LogP contribution in [0.2, 0.25) is 0 Å². The summed E-state index contributed by atoms with van der Waals surface area (Å²) in [5, 5.41) is 12.4. The second-order valence-electron chi connectivity index (χ2n) is 5.05. The van der Waals surface area contributed by atoms with Gasteiger partial charge in [-0.2, -0.15) is 0 Å². The first-order valence-corrected chi connectivity index (χ1v) is 6.17. The second kappa shape index (κ2) is 4.92. The van der Waals surface area contributed by atoms with E-state index in [1.165, 1.54) is 0 Å². The van der Waals surface area contributed by atoms with Gasteiger partial charge in [-0.25, -0.2) is 0 Å². The Morgan fingerprint density at radius 2 is 2.24 bits per heavy atom. The van der Waals surface area contributed by atoms with Gasteiger partial charge in [-0.15, -0.1) is 0 Å². The zero-order valence-electron chi connectivity index (χ0n) is 10.3. The van der Waals surface area contributed by atoms with Crippen molar-refractivity contribution in [3.63, 3.8) is 0 Å². The molecule has 0 saturated heterocycles. The molecule has 1 heterocycles. The lowest BCUT2D eigenvalue weighted by Gasteiger charge is -2.26. The molecule has 4 heteroatoms. The number of nitrogens with zero attached hydrogens (tertiary/aromatic N) is 1. The SMILES string of the molecule is Cn1cccc1C(=O)NCC1(CO)CCCC1. The Kier molecular flexibility index (Phi) is 3.52. The minimum absolute atomic E-state index is 0.0581. The molecule has 17 heavy (non-hydrogen) atoms. The van der Waals surface area contributed by atoms with Crippen LogP contribution in [0.25, 0.3) is 0 Å². The van der Waals surface area contributed by atoms with E-state index in [2.05, 4.69) is 5.32 Å². The molecule has 94 valence electrons. The fraction of sp³-hybridized carbons (Fsp3) is 0.615. The van der Waals surface area contributed by atoms with Gasteiger partial charge in [0.05, 0.1) is 6.61 Å². The van der Waals surface area contributed by atoms with Crippen LogP contribution in [0, 0.1) is 5.41 Å². The Morgan fingerprint density at radius 3 is 2.76 bits per heavy atom. The number of hydrogen-bond acceptors (Lipinski definition) is 2. The van der Waals surface area contributed by atoms with Crippen molar-refractivity contribution in [1.29, 1.82) is 0 Å². The lowest BCUT2D eigenvalue weighted by molar-refractivity contribution is 0.0873. The molecule has 1 aliphatic rings. The van der Waals surface area contributed by atoms with E-state index < -0.39 is 0 Å². The summed E-state index contributed by atoms with van der Waals surface area (Å²) in [5.41, 5.74) is 0.581. The van der Waals surface area contributed by atoms with E-state index in [4.69, 9.17) is 0 Å². The summed E-state index contributed by atoms with van der Waals surface area (Å²) in [6, 6.07) is 3.65. The zero-order valence-corrected chi connectivity index (χ0v) is 10.3. The molecule has 0 unspecified atom stereocenters. The van der Waals surface area contributed by atoms with Gasteiger partial charge in [-0.1, -0.05) is 12.8 Å². The van der Waals surface area contributed by atoms with Crippen molar-refractivity contribution in [2.45, 2.75) is 25.7 Å². The largest absolute Gasteiger partial charge is 0.396 e. The lowest BCUT2D eigenvalue weighted by Crippen LogP contribution is -2.38. The van der Waals surface area contributed by atoms with Crippen molar-refractivity contribution in [2.75, 3.05) is 13.2 Å². The molecule has 0 atom stereocenters. The number of nitrogens with one attached hydrogen (secondary N) is 1. The van der Waals surface area contributed by atoms with Crippen molar-refractivity contribution in [3.8, 4) is 0 Å². The average Bonchev–Trinajstić information content (AvgIpc) is 2.95. The highest BCUT2D eigenvalue weighted by Crippen LogP contribution is 2.36. The molecule has 2 N–H and O–H groups in total. The first-order valence-electron chi connectivity index (χ1n) is 6.17. The summed E-state index contributed by atoms with van der Waals surface area (Å²) in [6.45, 7) is 0.744. The topological polar surface area (TPSA) is 54.3 Å². The molecule has 1 aromatic rings. The van der Waals surface area contributed by atoms with Crippen LogP contribution in [0.1, 0.15) is 36.2 Å².